The second kappa shape index (κ2) is 21.3. The van der Waals surface area contributed by atoms with Crippen molar-refractivity contribution in [2.75, 3.05) is 81.8 Å². The van der Waals surface area contributed by atoms with Gasteiger partial charge in [-0.2, -0.15) is 0 Å². The monoisotopic (exact) mass is 939 g/mol. The Morgan fingerprint density at radius 1 is 0.938 bits per heavy atom. The lowest BCUT2D eigenvalue weighted by Gasteiger charge is -2.47. The summed E-state index contributed by atoms with van der Waals surface area (Å²) < 4.78 is 24.7. The number of anilines is 3. The van der Waals surface area contributed by atoms with Crippen molar-refractivity contribution in [1.82, 2.24) is 19.8 Å². The number of hydrogen-bond donors (Lipinski definition) is 3. The highest BCUT2D eigenvalue weighted by Crippen LogP contribution is 2.52. The summed E-state index contributed by atoms with van der Waals surface area (Å²) >= 11 is 3.53. The molecular formula is C49H62BrN7O7. The highest BCUT2D eigenvalue weighted by atomic mass is 79.9. The molecule has 1 aliphatic carbocycles. The van der Waals surface area contributed by atoms with Crippen molar-refractivity contribution in [3.05, 3.63) is 105 Å². The van der Waals surface area contributed by atoms with Crippen LogP contribution in [-0.2, 0) is 19.0 Å². The topological polar surface area (TPSA) is 156 Å². The second-order valence-electron chi connectivity index (χ2n) is 18.0. The molecular weight excluding hydrogens is 878 g/mol. The molecule has 3 N–H and O–H groups in total. The Morgan fingerprint density at radius 3 is 2.50 bits per heavy atom. The van der Waals surface area contributed by atoms with E-state index < -0.39 is 12.1 Å². The minimum atomic E-state index is -0.500. The Morgan fingerprint density at radius 2 is 1.72 bits per heavy atom. The third-order valence-electron chi connectivity index (χ3n) is 12.5. The average Bonchev–Trinajstić information content (AvgIpc) is 3.77. The highest BCUT2D eigenvalue weighted by molar-refractivity contribution is 9.10. The van der Waals surface area contributed by atoms with Crippen LogP contribution in [0.15, 0.2) is 71.5 Å². The van der Waals surface area contributed by atoms with Crippen LogP contribution in [0.4, 0.5) is 22.0 Å². The number of rotatable bonds is 17. The van der Waals surface area contributed by atoms with Crippen LogP contribution >= 0.6 is 15.9 Å². The van der Waals surface area contributed by atoms with Gasteiger partial charge in [-0.3, -0.25) is 19.9 Å². The molecule has 3 unspecified atom stereocenters. The molecule has 4 aromatic rings. The predicted molar refractivity (Wildman–Crippen MR) is 251 cm³/mol. The SMILES string of the molecule is Cc1ccc(C(=O)N(CCOCCOCC(=O)N2CCO[C@H](COc3cc(C)c(Br)cc3NC(=O)Nc3cnc(C)cn3)C2)CC(C)(C)C2Nc3ccc(C)cc3C3CCCC32)cc1. The molecule has 0 bridgehead atoms. The number of nitrogens with zero attached hydrogens (tertiary/aromatic N) is 4. The Kier molecular flexibility index (Phi) is 15.6. The number of aromatic nitrogens is 2. The maximum Gasteiger partial charge on any atom is 0.325 e. The third-order valence-corrected chi connectivity index (χ3v) is 13.3. The van der Waals surface area contributed by atoms with Crippen molar-refractivity contribution < 1.29 is 33.3 Å². The minimum absolute atomic E-state index is 0.0105. The molecule has 3 aromatic carbocycles. The molecule has 15 heteroatoms. The summed E-state index contributed by atoms with van der Waals surface area (Å²) in [7, 11) is 0. The Balaban J connectivity index is 0.868. The zero-order valence-corrected chi connectivity index (χ0v) is 39.5. The van der Waals surface area contributed by atoms with E-state index in [-0.39, 0.29) is 49.7 Å². The van der Waals surface area contributed by atoms with Crippen LogP contribution in [0.1, 0.15) is 77.3 Å². The number of nitrogens with one attached hydrogen (secondary N) is 3. The van der Waals surface area contributed by atoms with E-state index in [4.69, 9.17) is 18.9 Å². The fraction of sp³-hybridized carbons (Fsp3) is 0.490. The van der Waals surface area contributed by atoms with Gasteiger partial charge in [-0.05, 0) is 93.8 Å². The first kappa shape index (κ1) is 46.9. The molecule has 1 saturated heterocycles. The smallest absolute Gasteiger partial charge is 0.325 e. The van der Waals surface area contributed by atoms with Gasteiger partial charge in [0.15, 0.2) is 5.82 Å². The van der Waals surface area contributed by atoms with E-state index in [1.807, 2.05) is 56.0 Å². The second-order valence-corrected chi connectivity index (χ2v) is 18.9. The largest absolute Gasteiger partial charge is 0.489 e. The lowest BCUT2D eigenvalue weighted by atomic mass is 9.69. The van der Waals surface area contributed by atoms with Crippen molar-refractivity contribution in [3.8, 4) is 5.75 Å². The molecule has 4 atom stereocenters. The average molecular weight is 941 g/mol. The first-order valence-electron chi connectivity index (χ1n) is 22.3. The molecule has 0 radical (unpaired) electrons. The van der Waals surface area contributed by atoms with Gasteiger partial charge in [-0.25, -0.2) is 9.78 Å². The molecule has 342 valence electrons. The number of morpholine rings is 1. The van der Waals surface area contributed by atoms with Crippen LogP contribution in [-0.4, -0.2) is 116 Å². The first-order chi connectivity index (χ1) is 30.7. The number of carbonyl (C=O) groups excluding carboxylic acids is 3. The fourth-order valence-corrected chi connectivity index (χ4v) is 9.48. The van der Waals surface area contributed by atoms with Crippen LogP contribution in [0.3, 0.4) is 0 Å². The molecule has 0 spiro atoms. The summed E-state index contributed by atoms with van der Waals surface area (Å²) in [5.74, 6) is 1.65. The summed E-state index contributed by atoms with van der Waals surface area (Å²) in [5.41, 5.74) is 7.60. The Hall–Kier alpha value is -5.09. The van der Waals surface area contributed by atoms with Gasteiger partial charge in [0.1, 0.15) is 25.1 Å². The van der Waals surface area contributed by atoms with Crippen molar-refractivity contribution in [2.45, 2.75) is 78.9 Å². The van der Waals surface area contributed by atoms with Gasteiger partial charge in [0, 0.05) is 46.8 Å². The maximum absolute atomic E-state index is 14.1. The maximum atomic E-state index is 14.1. The summed E-state index contributed by atoms with van der Waals surface area (Å²) in [5, 5.41) is 9.44. The number of carbonyl (C=O) groups is 3. The molecule has 14 nitrogen and oxygen atoms in total. The highest BCUT2D eigenvalue weighted by Gasteiger charge is 2.46. The summed E-state index contributed by atoms with van der Waals surface area (Å²) in [4.78, 5) is 52.1. The standard InChI is InChI=1S/C49H62BrN7O7/c1-31-10-13-35(14-11-31)47(59)57(30-49(5,6)46-38-9-7-8-37(38)39-22-32(2)12-15-41(39)53-46)16-18-61-20-21-62-29-45(58)56-17-19-63-36(27-56)28-64-43-23-33(3)40(50)24-42(43)54-48(60)55-44-26-51-34(4)25-52-44/h10-15,22-26,36-38,46,53H,7-9,16-21,27-30H2,1-6H3,(H2,52,54,55,60)/t36-,37?,38?,46?/m0/s1. The van der Waals surface area contributed by atoms with Crippen molar-refractivity contribution in [1.29, 1.82) is 0 Å². The van der Waals surface area contributed by atoms with Gasteiger partial charge >= 0.3 is 6.03 Å². The molecule has 3 aliphatic rings. The van der Waals surface area contributed by atoms with E-state index in [2.05, 4.69) is 80.8 Å². The lowest BCUT2D eigenvalue weighted by Crippen LogP contribution is -2.52. The van der Waals surface area contributed by atoms with E-state index in [0.717, 1.165) is 21.3 Å². The van der Waals surface area contributed by atoms with E-state index in [1.165, 1.54) is 42.3 Å². The van der Waals surface area contributed by atoms with Crippen LogP contribution in [0, 0.1) is 39.0 Å². The zero-order chi connectivity index (χ0) is 45.4. The summed E-state index contributed by atoms with van der Waals surface area (Å²) in [6.45, 7) is 15.5. The number of benzene rings is 3. The quantitative estimate of drug-likeness (QED) is 0.0881. The minimum Gasteiger partial charge on any atom is -0.489 e. The summed E-state index contributed by atoms with van der Waals surface area (Å²) in [6.07, 6.45) is 6.26. The third kappa shape index (κ3) is 12.0. The number of fused-ring (bicyclic) bond motifs is 3. The van der Waals surface area contributed by atoms with Gasteiger partial charge in [0.25, 0.3) is 5.91 Å². The number of urea groups is 1. The molecule has 1 aromatic heterocycles. The molecule has 3 heterocycles. The molecule has 64 heavy (non-hydrogen) atoms. The number of ether oxygens (including phenoxy) is 4. The first-order valence-corrected chi connectivity index (χ1v) is 23.1. The van der Waals surface area contributed by atoms with Crippen LogP contribution in [0.5, 0.6) is 5.75 Å². The fourth-order valence-electron chi connectivity index (χ4n) is 9.14. The van der Waals surface area contributed by atoms with Gasteiger partial charge in [-0.15, -0.1) is 0 Å². The van der Waals surface area contributed by atoms with Gasteiger partial charge in [0.2, 0.25) is 5.91 Å². The predicted octanol–water partition coefficient (Wildman–Crippen LogP) is 8.30. The summed E-state index contributed by atoms with van der Waals surface area (Å²) in [6, 6.07) is 17.8. The van der Waals surface area contributed by atoms with E-state index in [9.17, 15) is 14.4 Å². The number of amides is 4. The molecule has 2 aliphatic heterocycles. The number of halogens is 1. The van der Waals surface area contributed by atoms with E-state index in [1.54, 1.807) is 17.2 Å². The van der Waals surface area contributed by atoms with Crippen molar-refractivity contribution in [3.63, 3.8) is 0 Å². The van der Waals surface area contributed by atoms with Crippen LogP contribution in [0.2, 0.25) is 0 Å². The zero-order valence-electron chi connectivity index (χ0n) is 37.9. The van der Waals surface area contributed by atoms with Gasteiger partial charge in [-0.1, -0.05) is 71.6 Å². The Labute approximate surface area is 385 Å². The van der Waals surface area contributed by atoms with Crippen LogP contribution < -0.4 is 20.7 Å². The van der Waals surface area contributed by atoms with Gasteiger partial charge < -0.3 is 39.4 Å². The normalized spacial score (nSPS) is 19.3. The van der Waals surface area contributed by atoms with E-state index in [0.29, 0.717) is 74.0 Å². The molecule has 1 saturated carbocycles. The molecule has 7 rings (SSSR count). The number of hydrogen-bond acceptors (Lipinski definition) is 10. The molecule has 2 fully saturated rings. The number of aryl methyl sites for hydroxylation is 4. The van der Waals surface area contributed by atoms with Crippen molar-refractivity contribution >= 4 is 51.0 Å². The van der Waals surface area contributed by atoms with Crippen LogP contribution in [0.25, 0.3) is 0 Å². The molecule has 4 amide bonds. The lowest BCUT2D eigenvalue weighted by molar-refractivity contribution is -0.145. The van der Waals surface area contributed by atoms with Crippen molar-refractivity contribution in [2.24, 2.45) is 11.3 Å². The Bertz CT molecular complexity index is 2260. The van der Waals surface area contributed by atoms with Gasteiger partial charge in [0.05, 0.1) is 56.7 Å². The van der Waals surface area contributed by atoms with E-state index >= 15 is 0 Å².